The highest BCUT2D eigenvalue weighted by Gasteiger charge is 2.43. The highest BCUT2D eigenvalue weighted by atomic mass is 16.3. The molecular weight excluding hydrogens is 160 g/mol. The highest BCUT2D eigenvalue weighted by molar-refractivity contribution is 4.94. The van der Waals surface area contributed by atoms with Crippen molar-refractivity contribution in [1.82, 2.24) is 0 Å². The Kier molecular flexibility index (Phi) is 4.44. The molecule has 1 atom stereocenters. The average molecular weight is 186 g/mol. The van der Waals surface area contributed by atoms with Crippen LogP contribution < -0.4 is 0 Å². The van der Waals surface area contributed by atoms with Crippen LogP contribution in [0.3, 0.4) is 0 Å². The second kappa shape index (κ2) is 4.45. The third kappa shape index (κ3) is 2.46. The predicted octanol–water partition coefficient (Wildman–Crippen LogP) is 3.61. The van der Waals surface area contributed by atoms with Gasteiger partial charge in [0.2, 0.25) is 0 Å². The molecule has 0 rings (SSSR count). The molecule has 0 aliphatic heterocycles. The van der Waals surface area contributed by atoms with Crippen LogP contribution >= 0.6 is 0 Å². The fourth-order valence-corrected chi connectivity index (χ4v) is 2.10. The lowest BCUT2D eigenvalue weighted by molar-refractivity contribution is -0.111. The minimum absolute atomic E-state index is 0.0250. The number of rotatable bonds is 5. The Labute approximate surface area is 83.5 Å². The van der Waals surface area contributed by atoms with E-state index in [0.717, 1.165) is 19.3 Å². The van der Waals surface area contributed by atoms with Gasteiger partial charge in [-0.2, -0.15) is 0 Å². The van der Waals surface area contributed by atoms with Crippen LogP contribution in [0.2, 0.25) is 0 Å². The molecule has 0 amide bonds. The molecule has 80 valence electrons. The van der Waals surface area contributed by atoms with Crippen LogP contribution in [0.4, 0.5) is 0 Å². The van der Waals surface area contributed by atoms with E-state index >= 15 is 0 Å². The lowest BCUT2D eigenvalue weighted by Crippen LogP contribution is -2.48. The van der Waals surface area contributed by atoms with Gasteiger partial charge in [-0.3, -0.25) is 0 Å². The van der Waals surface area contributed by atoms with Crippen molar-refractivity contribution in [3.8, 4) is 0 Å². The van der Waals surface area contributed by atoms with Crippen molar-refractivity contribution in [3.63, 3.8) is 0 Å². The van der Waals surface area contributed by atoms with E-state index in [9.17, 15) is 5.11 Å². The average Bonchev–Trinajstić information content (AvgIpc) is 2.04. The third-order valence-corrected chi connectivity index (χ3v) is 3.64. The maximum absolute atomic E-state index is 10.6. The second-order valence-corrected chi connectivity index (χ2v) is 5.07. The fraction of sp³-hybridized carbons (Fsp3) is 1.00. The standard InChI is InChI=1S/C12H26O/c1-7-9-12(13,10(3)4)11(5,6)8-2/h10,13H,7-9H2,1-6H3/t12-/m0/s1. The Morgan fingerprint density at radius 2 is 1.62 bits per heavy atom. The van der Waals surface area contributed by atoms with E-state index in [4.69, 9.17) is 0 Å². The molecule has 0 aliphatic carbocycles. The summed E-state index contributed by atoms with van der Waals surface area (Å²) in [6.45, 7) is 12.9. The van der Waals surface area contributed by atoms with E-state index in [1.807, 2.05) is 0 Å². The van der Waals surface area contributed by atoms with Crippen molar-refractivity contribution in [2.45, 2.75) is 66.4 Å². The smallest absolute Gasteiger partial charge is 0.0720 e. The minimum Gasteiger partial charge on any atom is -0.389 e. The fourth-order valence-electron chi connectivity index (χ4n) is 2.10. The summed E-state index contributed by atoms with van der Waals surface area (Å²) in [6.07, 6.45) is 2.99. The van der Waals surface area contributed by atoms with Gasteiger partial charge in [0.05, 0.1) is 5.60 Å². The van der Waals surface area contributed by atoms with Gasteiger partial charge in [0, 0.05) is 0 Å². The van der Waals surface area contributed by atoms with Gasteiger partial charge in [0.1, 0.15) is 0 Å². The normalized spacial score (nSPS) is 17.5. The molecule has 0 radical (unpaired) electrons. The summed E-state index contributed by atoms with van der Waals surface area (Å²) in [5.41, 5.74) is -0.478. The summed E-state index contributed by atoms with van der Waals surface area (Å²) < 4.78 is 0. The van der Waals surface area contributed by atoms with Crippen molar-refractivity contribution >= 4 is 0 Å². The lowest BCUT2D eigenvalue weighted by Gasteiger charge is -2.45. The van der Waals surface area contributed by atoms with Gasteiger partial charge in [0.15, 0.2) is 0 Å². The molecular formula is C12H26O. The molecule has 0 saturated heterocycles. The molecule has 13 heavy (non-hydrogen) atoms. The molecule has 1 heteroatoms. The molecule has 0 aromatic heterocycles. The summed E-state index contributed by atoms with van der Waals surface area (Å²) >= 11 is 0. The molecule has 0 fully saturated rings. The van der Waals surface area contributed by atoms with Crippen molar-refractivity contribution in [2.24, 2.45) is 11.3 Å². The Hall–Kier alpha value is -0.0400. The zero-order chi connectivity index (χ0) is 10.7. The van der Waals surface area contributed by atoms with Gasteiger partial charge < -0.3 is 5.11 Å². The Morgan fingerprint density at radius 1 is 1.15 bits per heavy atom. The largest absolute Gasteiger partial charge is 0.389 e. The second-order valence-electron chi connectivity index (χ2n) is 5.07. The number of hydrogen-bond acceptors (Lipinski definition) is 1. The summed E-state index contributed by atoms with van der Waals surface area (Å²) in [6, 6.07) is 0. The van der Waals surface area contributed by atoms with Crippen molar-refractivity contribution in [3.05, 3.63) is 0 Å². The third-order valence-electron chi connectivity index (χ3n) is 3.64. The van der Waals surface area contributed by atoms with Crippen molar-refractivity contribution in [1.29, 1.82) is 0 Å². The van der Waals surface area contributed by atoms with Crippen molar-refractivity contribution < 1.29 is 5.11 Å². The first-order valence-corrected chi connectivity index (χ1v) is 5.54. The van der Waals surface area contributed by atoms with Gasteiger partial charge in [-0.25, -0.2) is 0 Å². The molecule has 0 heterocycles. The first kappa shape index (κ1) is 13.0. The Balaban J connectivity index is 4.77. The molecule has 0 aromatic carbocycles. The van der Waals surface area contributed by atoms with Crippen LogP contribution in [-0.2, 0) is 0 Å². The van der Waals surface area contributed by atoms with Gasteiger partial charge in [-0.15, -0.1) is 0 Å². The van der Waals surface area contributed by atoms with Crippen LogP contribution in [0.1, 0.15) is 60.8 Å². The zero-order valence-corrected chi connectivity index (χ0v) is 10.1. The van der Waals surface area contributed by atoms with Gasteiger partial charge in [-0.05, 0) is 24.2 Å². The minimum atomic E-state index is -0.503. The first-order chi connectivity index (χ1) is 5.81. The lowest BCUT2D eigenvalue weighted by atomic mass is 9.65. The molecule has 0 aromatic rings. The number of hydrogen-bond donors (Lipinski definition) is 1. The predicted molar refractivity (Wildman–Crippen MR) is 58.8 cm³/mol. The van der Waals surface area contributed by atoms with E-state index in [0.29, 0.717) is 5.92 Å². The maximum Gasteiger partial charge on any atom is 0.0720 e. The van der Waals surface area contributed by atoms with Gasteiger partial charge in [0.25, 0.3) is 0 Å². The molecule has 1 N–H and O–H groups in total. The van der Waals surface area contributed by atoms with Crippen LogP contribution in [0.15, 0.2) is 0 Å². The summed E-state index contributed by atoms with van der Waals surface area (Å²) in [5.74, 6) is 0.336. The monoisotopic (exact) mass is 186 g/mol. The topological polar surface area (TPSA) is 20.2 Å². The maximum atomic E-state index is 10.6. The van der Waals surface area contributed by atoms with E-state index in [-0.39, 0.29) is 5.41 Å². The zero-order valence-electron chi connectivity index (χ0n) is 10.1. The van der Waals surface area contributed by atoms with E-state index in [2.05, 4.69) is 41.5 Å². The highest BCUT2D eigenvalue weighted by Crippen LogP contribution is 2.42. The number of aliphatic hydroxyl groups is 1. The molecule has 0 bridgehead atoms. The van der Waals surface area contributed by atoms with Crippen LogP contribution in [-0.4, -0.2) is 10.7 Å². The van der Waals surface area contributed by atoms with E-state index in [1.165, 1.54) is 0 Å². The Bertz CT molecular complexity index is 149. The molecule has 0 aliphatic rings. The molecule has 0 unspecified atom stereocenters. The summed E-state index contributed by atoms with van der Waals surface area (Å²) in [4.78, 5) is 0. The summed E-state index contributed by atoms with van der Waals surface area (Å²) in [5, 5.41) is 10.6. The van der Waals surface area contributed by atoms with E-state index < -0.39 is 5.60 Å². The summed E-state index contributed by atoms with van der Waals surface area (Å²) in [7, 11) is 0. The molecule has 0 spiro atoms. The van der Waals surface area contributed by atoms with Gasteiger partial charge in [-0.1, -0.05) is 48.0 Å². The van der Waals surface area contributed by atoms with Crippen LogP contribution in [0.5, 0.6) is 0 Å². The quantitative estimate of drug-likeness (QED) is 0.695. The molecule has 0 saturated carbocycles. The van der Waals surface area contributed by atoms with E-state index in [1.54, 1.807) is 0 Å². The first-order valence-electron chi connectivity index (χ1n) is 5.54. The van der Waals surface area contributed by atoms with Crippen LogP contribution in [0.25, 0.3) is 0 Å². The van der Waals surface area contributed by atoms with Crippen molar-refractivity contribution in [2.75, 3.05) is 0 Å². The SMILES string of the molecule is CCC[C@](O)(C(C)C)C(C)(C)CC. The Morgan fingerprint density at radius 3 is 1.85 bits per heavy atom. The van der Waals surface area contributed by atoms with Gasteiger partial charge >= 0.3 is 0 Å². The van der Waals surface area contributed by atoms with Crippen LogP contribution in [0, 0.1) is 11.3 Å². The molecule has 1 nitrogen and oxygen atoms in total.